The molecular formula is C27H52O5Si. The van der Waals surface area contributed by atoms with E-state index in [0.717, 1.165) is 31.1 Å². The number of aliphatic carboxylic acids is 1. The molecule has 5 nitrogen and oxygen atoms in total. The molecule has 1 fully saturated rings. The van der Waals surface area contributed by atoms with Gasteiger partial charge in [0.2, 0.25) is 0 Å². The molecule has 6 heteroatoms. The minimum absolute atomic E-state index is 0.00431. The minimum atomic E-state index is -2.18. The van der Waals surface area contributed by atoms with Gasteiger partial charge in [-0.15, -0.1) is 0 Å². The molecule has 0 amide bonds. The van der Waals surface area contributed by atoms with Gasteiger partial charge in [0.15, 0.2) is 8.32 Å². The number of carbonyl (C=O) groups is 2. The van der Waals surface area contributed by atoms with Gasteiger partial charge < -0.3 is 14.3 Å². The van der Waals surface area contributed by atoms with E-state index in [4.69, 9.17) is 9.16 Å². The lowest BCUT2D eigenvalue weighted by Crippen LogP contribution is -2.45. The Hall–Kier alpha value is -0.883. The van der Waals surface area contributed by atoms with Crippen molar-refractivity contribution in [1.29, 1.82) is 0 Å². The molecule has 194 valence electrons. The van der Waals surface area contributed by atoms with E-state index >= 15 is 0 Å². The molecule has 1 N–H and O–H groups in total. The maximum absolute atomic E-state index is 12.7. The molecule has 0 aromatic carbocycles. The third-order valence-electron chi connectivity index (χ3n) is 8.30. The van der Waals surface area contributed by atoms with Crippen molar-refractivity contribution < 1.29 is 23.9 Å². The zero-order valence-corrected chi connectivity index (χ0v) is 24.0. The summed E-state index contributed by atoms with van der Waals surface area (Å²) in [7, 11) is -2.18. The second-order valence-electron chi connectivity index (χ2n) is 12.7. The van der Waals surface area contributed by atoms with E-state index in [1.165, 1.54) is 25.7 Å². The molecule has 0 aromatic heterocycles. The first-order valence-corrected chi connectivity index (χ1v) is 16.0. The van der Waals surface area contributed by atoms with Gasteiger partial charge in [0.05, 0.1) is 25.6 Å². The van der Waals surface area contributed by atoms with Gasteiger partial charge in [0.1, 0.15) is 0 Å². The van der Waals surface area contributed by atoms with E-state index in [2.05, 4.69) is 61.6 Å². The van der Waals surface area contributed by atoms with E-state index in [1.807, 2.05) is 0 Å². The maximum atomic E-state index is 12.7. The summed E-state index contributed by atoms with van der Waals surface area (Å²) in [6.45, 7) is 20.3. The molecule has 0 saturated heterocycles. The molecule has 4 unspecified atom stereocenters. The van der Waals surface area contributed by atoms with Crippen molar-refractivity contribution in [3.05, 3.63) is 0 Å². The number of hydrogen-bond donors (Lipinski definition) is 1. The Bertz CT molecular complexity index is 622. The molecule has 0 spiro atoms. The van der Waals surface area contributed by atoms with Gasteiger partial charge in [-0.25, -0.2) is 0 Å². The number of rotatable bonds is 13. The zero-order valence-electron chi connectivity index (χ0n) is 23.0. The summed E-state index contributed by atoms with van der Waals surface area (Å²) in [4.78, 5) is 24.0. The molecule has 0 radical (unpaired) electrons. The first-order chi connectivity index (χ1) is 15.1. The lowest BCUT2D eigenvalue weighted by molar-refractivity contribution is -0.148. The quantitative estimate of drug-likeness (QED) is 0.217. The summed E-state index contributed by atoms with van der Waals surface area (Å²) in [5.41, 5.74) is 0.385. The van der Waals surface area contributed by atoms with Crippen LogP contribution in [0.3, 0.4) is 0 Å². The van der Waals surface area contributed by atoms with Crippen LogP contribution in [0.1, 0.15) is 106 Å². The van der Waals surface area contributed by atoms with Crippen molar-refractivity contribution in [2.45, 2.75) is 130 Å². The highest BCUT2D eigenvalue weighted by Crippen LogP contribution is 2.46. The highest BCUT2D eigenvalue weighted by atomic mass is 28.4. The SMILES string of the molecule is CCCC(CCC1C(C)CCCC1(C)C)COC(=O)CC(CC(=O)O)O[Si](C)(C)C(C)(C)C. The lowest BCUT2D eigenvalue weighted by Gasteiger charge is -2.43. The van der Waals surface area contributed by atoms with Gasteiger partial charge in [-0.1, -0.05) is 67.7 Å². The van der Waals surface area contributed by atoms with Crippen molar-refractivity contribution >= 4 is 20.3 Å². The van der Waals surface area contributed by atoms with E-state index in [1.54, 1.807) is 0 Å². The van der Waals surface area contributed by atoms with E-state index in [9.17, 15) is 14.7 Å². The Morgan fingerprint density at radius 1 is 1.15 bits per heavy atom. The van der Waals surface area contributed by atoms with Gasteiger partial charge in [0, 0.05) is 0 Å². The van der Waals surface area contributed by atoms with E-state index < -0.39 is 20.4 Å². The van der Waals surface area contributed by atoms with Crippen LogP contribution in [0.25, 0.3) is 0 Å². The predicted octanol–water partition coefficient (Wildman–Crippen LogP) is 7.44. The minimum Gasteiger partial charge on any atom is -0.481 e. The summed E-state index contributed by atoms with van der Waals surface area (Å²) >= 11 is 0. The van der Waals surface area contributed by atoms with Crippen LogP contribution in [-0.2, 0) is 18.8 Å². The molecular weight excluding hydrogens is 432 g/mol. The Morgan fingerprint density at radius 3 is 2.30 bits per heavy atom. The van der Waals surface area contributed by atoms with Gasteiger partial charge in [-0.3, -0.25) is 9.59 Å². The molecule has 0 bridgehead atoms. The number of ether oxygens (including phenoxy) is 1. The van der Waals surface area contributed by atoms with E-state index in [-0.39, 0.29) is 23.8 Å². The standard InChI is InChI=1S/C27H52O5Si/c1-10-12-21(14-15-23-20(2)13-11-16-27(23,6)7)19-31-25(30)18-22(17-24(28)29)32-33(8,9)26(3,4)5/h20-23H,10-19H2,1-9H3,(H,28,29). The highest BCUT2D eigenvalue weighted by molar-refractivity contribution is 6.74. The predicted molar refractivity (Wildman–Crippen MR) is 138 cm³/mol. The van der Waals surface area contributed by atoms with Crippen molar-refractivity contribution in [1.82, 2.24) is 0 Å². The normalized spacial score (nSPS) is 23.1. The molecule has 0 aromatic rings. The summed E-state index contributed by atoms with van der Waals surface area (Å²) in [5, 5.41) is 9.27. The second kappa shape index (κ2) is 12.7. The molecule has 1 rings (SSSR count). The Kier molecular flexibility index (Phi) is 11.6. The van der Waals surface area contributed by atoms with Crippen LogP contribution >= 0.6 is 0 Å². The van der Waals surface area contributed by atoms with Crippen molar-refractivity contribution in [3.63, 3.8) is 0 Å². The lowest BCUT2D eigenvalue weighted by atomic mass is 9.62. The third-order valence-corrected chi connectivity index (χ3v) is 12.8. The van der Waals surface area contributed by atoms with Crippen LogP contribution < -0.4 is 0 Å². The fourth-order valence-corrected chi connectivity index (χ4v) is 6.60. The Balaban J connectivity index is 2.67. The second-order valence-corrected chi connectivity index (χ2v) is 17.4. The molecule has 1 aliphatic carbocycles. The first kappa shape index (κ1) is 30.1. The van der Waals surface area contributed by atoms with Crippen molar-refractivity contribution in [2.75, 3.05) is 6.61 Å². The third kappa shape index (κ3) is 10.1. The Morgan fingerprint density at radius 2 is 1.79 bits per heavy atom. The fourth-order valence-electron chi connectivity index (χ4n) is 5.25. The summed E-state index contributed by atoms with van der Waals surface area (Å²) in [6.07, 6.45) is 7.54. The summed E-state index contributed by atoms with van der Waals surface area (Å²) < 4.78 is 11.9. The summed E-state index contributed by atoms with van der Waals surface area (Å²) in [6, 6.07) is 0. The topological polar surface area (TPSA) is 72.8 Å². The number of carbonyl (C=O) groups excluding carboxylic acids is 1. The molecule has 0 aliphatic heterocycles. The molecule has 4 atom stereocenters. The van der Waals surface area contributed by atoms with Crippen LogP contribution in [0.15, 0.2) is 0 Å². The number of hydrogen-bond acceptors (Lipinski definition) is 4. The largest absolute Gasteiger partial charge is 0.481 e. The smallest absolute Gasteiger partial charge is 0.308 e. The first-order valence-electron chi connectivity index (χ1n) is 13.1. The van der Waals surface area contributed by atoms with Crippen LogP contribution in [0.2, 0.25) is 18.1 Å². The average Bonchev–Trinajstić information content (AvgIpc) is 2.63. The van der Waals surface area contributed by atoms with Crippen LogP contribution in [0.5, 0.6) is 0 Å². The molecule has 1 aliphatic rings. The number of esters is 1. The maximum Gasteiger partial charge on any atom is 0.308 e. The monoisotopic (exact) mass is 484 g/mol. The molecule has 0 heterocycles. The summed E-state index contributed by atoms with van der Waals surface area (Å²) in [5.74, 6) is 0.553. The van der Waals surface area contributed by atoms with Crippen LogP contribution in [0, 0.1) is 23.2 Å². The van der Waals surface area contributed by atoms with E-state index in [0.29, 0.717) is 17.9 Å². The molecule has 33 heavy (non-hydrogen) atoms. The number of carboxylic acid groups (broad SMARTS) is 1. The van der Waals surface area contributed by atoms with Crippen molar-refractivity contribution in [3.8, 4) is 0 Å². The van der Waals surface area contributed by atoms with Crippen molar-refractivity contribution in [2.24, 2.45) is 23.2 Å². The van der Waals surface area contributed by atoms with Gasteiger partial charge in [-0.2, -0.15) is 0 Å². The van der Waals surface area contributed by atoms with Gasteiger partial charge in [-0.05, 0) is 67.0 Å². The van der Waals surface area contributed by atoms with Gasteiger partial charge in [0.25, 0.3) is 0 Å². The van der Waals surface area contributed by atoms with Gasteiger partial charge >= 0.3 is 11.9 Å². The number of carboxylic acids is 1. The zero-order chi connectivity index (χ0) is 25.4. The highest BCUT2D eigenvalue weighted by Gasteiger charge is 2.40. The average molecular weight is 485 g/mol. The van der Waals surface area contributed by atoms with Crippen LogP contribution in [-0.4, -0.2) is 38.1 Å². The fraction of sp³-hybridized carbons (Fsp3) is 0.926. The Labute approximate surface area is 204 Å². The van der Waals surface area contributed by atoms with Crippen LogP contribution in [0.4, 0.5) is 0 Å². The molecule has 1 saturated carbocycles.